The second-order valence-electron chi connectivity index (χ2n) is 10.9. The molecule has 0 bridgehead atoms. The Hall–Kier alpha value is -3.33. The first-order valence-electron chi connectivity index (χ1n) is 14.6. The molecule has 0 aliphatic rings. The van der Waals surface area contributed by atoms with E-state index in [0.29, 0.717) is 0 Å². The summed E-state index contributed by atoms with van der Waals surface area (Å²) in [5.41, 5.74) is 5.12. The summed E-state index contributed by atoms with van der Waals surface area (Å²) < 4.78 is 63.5. The van der Waals surface area contributed by atoms with Gasteiger partial charge in [0.2, 0.25) is 5.43 Å². The van der Waals surface area contributed by atoms with E-state index in [1.807, 2.05) is 18.2 Å². The van der Waals surface area contributed by atoms with Crippen LogP contribution in [0.1, 0.15) is 49.9 Å². The van der Waals surface area contributed by atoms with Crippen LogP contribution in [0.25, 0.3) is 45.2 Å². The molecule has 4 aromatic carbocycles. The molecule has 45 heavy (non-hydrogen) atoms. The average Bonchev–Trinajstić information content (AvgIpc) is 2.99. The SMILES string of the molecule is CCc1cc(CC)c2sc3ccc(-[s+]4c5ccccc5c(=O)c5cc(CC)cc(CC)c54)cc3c(=O)c2c1.F[P-](F)(F)(F)(F)F. The van der Waals surface area contributed by atoms with Crippen molar-refractivity contribution in [1.82, 2.24) is 0 Å². The maximum atomic E-state index is 14.0. The molecule has 1 atom stereocenters. The second-order valence-corrected chi connectivity index (χ2v) is 15.8. The number of hydrogen-bond donors (Lipinski definition) is 0. The fourth-order valence-electron chi connectivity index (χ4n) is 5.63. The molecule has 0 aliphatic carbocycles. The zero-order valence-electron chi connectivity index (χ0n) is 25.0. The molecule has 11 heteroatoms. The summed E-state index contributed by atoms with van der Waals surface area (Å²) in [5.74, 6) is 0. The van der Waals surface area contributed by atoms with E-state index in [0.717, 1.165) is 70.9 Å². The molecule has 2 aromatic heterocycles. The summed E-state index contributed by atoms with van der Waals surface area (Å²) in [5, 5.41) is 3.22. The molecule has 0 saturated heterocycles. The zero-order valence-corrected chi connectivity index (χ0v) is 27.6. The van der Waals surface area contributed by atoms with Gasteiger partial charge in [0.15, 0.2) is 19.7 Å². The van der Waals surface area contributed by atoms with Gasteiger partial charge in [-0.3, -0.25) is 9.59 Å². The summed E-state index contributed by atoms with van der Waals surface area (Å²) in [6.45, 7) is 8.61. The third-order valence-corrected chi connectivity index (χ3v) is 11.4. The predicted molar refractivity (Wildman–Crippen MR) is 182 cm³/mol. The van der Waals surface area contributed by atoms with E-state index in [2.05, 4.69) is 76.2 Å². The van der Waals surface area contributed by atoms with Crippen LogP contribution in [0.2, 0.25) is 0 Å². The Morgan fingerprint density at radius 1 is 0.622 bits per heavy atom. The minimum absolute atomic E-state index is 0.113. The van der Waals surface area contributed by atoms with Crippen LogP contribution in [0.3, 0.4) is 0 Å². The molecule has 0 amide bonds. The van der Waals surface area contributed by atoms with Crippen molar-refractivity contribution in [2.45, 2.75) is 53.4 Å². The molecule has 0 radical (unpaired) electrons. The van der Waals surface area contributed by atoms with E-state index in [1.165, 1.54) is 22.3 Å². The van der Waals surface area contributed by atoms with Gasteiger partial charge in [0, 0.05) is 42.3 Å². The normalized spacial score (nSPS) is 14.0. The second kappa shape index (κ2) is 11.2. The van der Waals surface area contributed by atoms with Crippen molar-refractivity contribution in [3.63, 3.8) is 0 Å². The molecule has 6 aromatic rings. The summed E-state index contributed by atoms with van der Waals surface area (Å²) in [7, 11) is -11.1. The summed E-state index contributed by atoms with van der Waals surface area (Å²) >= 11 is 1.72. The fraction of sp³-hybridized carbons (Fsp3) is 0.235. The molecule has 238 valence electrons. The van der Waals surface area contributed by atoms with Crippen LogP contribution in [-0.4, -0.2) is 0 Å². The third-order valence-electron chi connectivity index (χ3n) is 7.72. The van der Waals surface area contributed by atoms with Gasteiger partial charge in [-0.25, -0.2) is 0 Å². The average molecular weight is 681 g/mol. The summed E-state index contributed by atoms with van der Waals surface area (Å²) in [6.07, 6.45) is 3.58. The Morgan fingerprint density at radius 2 is 1.18 bits per heavy atom. The van der Waals surface area contributed by atoms with Crippen LogP contribution in [0.15, 0.2) is 76.3 Å². The van der Waals surface area contributed by atoms with Crippen LogP contribution in [-0.2, 0) is 25.7 Å². The Bertz CT molecular complexity index is 2250. The van der Waals surface area contributed by atoms with Gasteiger partial charge in [-0.15, -0.1) is 11.3 Å². The Balaban J connectivity index is 0.000000515. The van der Waals surface area contributed by atoms with Crippen molar-refractivity contribution in [2.75, 3.05) is 0 Å². The molecular weight excluding hydrogens is 649 g/mol. The number of benzene rings is 4. The third kappa shape index (κ3) is 7.08. The Morgan fingerprint density at radius 3 is 1.78 bits per heavy atom. The van der Waals surface area contributed by atoms with Gasteiger partial charge in [-0.2, -0.15) is 0 Å². The molecule has 0 saturated carbocycles. The number of aryl methyl sites for hydroxylation is 4. The van der Waals surface area contributed by atoms with Crippen LogP contribution in [0, 0.1) is 0 Å². The quantitative estimate of drug-likeness (QED) is 0.0786. The van der Waals surface area contributed by atoms with Gasteiger partial charge in [-0.1, -0.05) is 52.0 Å². The molecule has 0 aliphatic heterocycles. The van der Waals surface area contributed by atoms with Crippen LogP contribution < -0.4 is 10.9 Å². The van der Waals surface area contributed by atoms with Gasteiger partial charge in [-0.05, 0) is 78.8 Å². The van der Waals surface area contributed by atoms with Crippen molar-refractivity contribution in [2.24, 2.45) is 0 Å². The summed E-state index contributed by atoms with van der Waals surface area (Å²) in [4.78, 5) is 28.8. The Kier molecular flexibility index (Phi) is 8.21. The molecule has 1 unspecified atom stereocenters. The Labute approximate surface area is 262 Å². The maximum absolute atomic E-state index is 14.0. The zero-order chi connectivity index (χ0) is 33.0. The van der Waals surface area contributed by atoms with Gasteiger partial charge in [0.1, 0.15) is 0 Å². The van der Waals surface area contributed by atoms with Crippen LogP contribution in [0.4, 0.5) is 25.2 Å². The molecule has 0 N–H and O–H groups in total. The van der Waals surface area contributed by atoms with E-state index < -0.39 is 18.3 Å². The van der Waals surface area contributed by atoms with E-state index in [9.17, 15) is 34.8 Å². The van der Waals surface area contributed by atoms with E-state index in [1.54, 1.807) is 11.3 Å². The molecule has 2 heterocycles. The van der Waals surface area contributed by atoms with Crippen molar-refractivity contribution < 1.29 is 25.2 Å². The molecular formula is C34H31F6O2PS2. The molecule has 2 nitrogen and oxygen atoms in total. The fourth-order valence-corrected chi connectivity index (χ4v) is 9.43. The van der Waals surface area contributed by atoms with Crippen molar-refractivity contribution >= 4 is 70.0 Å². The van der Waals surface area contributed by atoms with Gasteiger partial charge < -0.3 is 0 Å². The van der Waals surface area contributed by atoms with Crippen LogP contribution >= 0.6 is 29.6 Å². The number of rotatable bonds is 5. The van der Waals surface area contributed by atoms with Gasteiger partial charge in [0.25, 0.3) is 0 Å². The van der Waals surface area contributed by atoms with Crippen molar-refractivity contribution in [1.29, 1.82) is 0 Å². The molecule has 0 spiro atoms. The molecule has 6 rings (SSSR count). The van der Waals surface area contributed by atoms with E-state index >= 15 is 0 Å². The first-order chi connectivity index (χ1) is 20.9. The van der Waals surface area contributed by atoms with E-state index in [-0.39, 0.29) is 10.9 Å². The van der Waals surface area contributed by atoms with Crippen molar-refractivity contribution in [3.8, 4) is 4.90 Å². The topological polar surface area (TPSA) is 34.1 Å². The first kappa shape index (κ1) is 33.0. The van der Waals surface area contributed by atoms with Gasteiger partial charge >= 0.3 is 33.0 Å². The number of fused-ring (bicyclic) bond motifs is 4. The molecule has 0 fully saturated rings. The monoisotopic (exact) mass is 680 g/mol. The minimum atomic E-state index is -10.7. The summed E-state index contributed by atoms with van der Waals surface area (Å²) in [6, 6.07) is 23.2. The van der Waals surface area contributed by atoms with Crippen LogP contribution in [0.5, 0.6) is 0 Å². The van der Waals surface area contributed by atoms with Crippen molar-refractivity contribution in [3.05, 3.63) is 109 Å². The van der Waals surface area contributed by atoms with Gasteiger partial charge in [0.05, 0.1) is 10.8 Å². The van der Waals surface area contributed by atoms with E-state index in [4.69, 9.17) is 0 Å². The first-order valence-corrected chi connectivity index (χ1v) is 18.6. The standard InChI is InChI=1S/C34H31O2S2.F6P/c1-5-20-15-22(7-3)33-27(17-20)32(36)26-19-24(13-14-29(26)37-33)38-30-12-10-9-11-25(30)31(35)28-18-21(6-2)16-23(8-4)34(28)38;1-7(2,3,4,5)6/h9-19H,5-8H2,1-4H3;/q+1;-1. The number of hydrogen-bond acceptors (Lipinski definition) is 3. The number of halogens is 6. The predicted octanol–water partition coefficient (Wildman–Crippen LogP) is 12.5.